The molecular weight excluding hydrogens is 274 g/mol. The smallest absolute Gasteiger partial charge is 0.123 e. The van der Waals surface area contributed by atoms with Crippen LogP contribution in [0, 0.1) is 0 Å². The number of nitrogens with one attached hydrogen (secondary N) is 1. The van der Waals surface area contributed by atoms with Gasteiger partial charge in [-0.25, -0.2) is 0 Å². The highest BCUT2D eigenvalue weighted by Gasteiger charge is 2.22. The lowest BCUT2D eigenvalue weighted by Crippen LogP contribution is -2.25. The van der Waals surface area contributed by atoms with E-state index in [2.05, 4.69) is 65.1 Å². The fraction of sp³-hybridized carbons (Fsp3) is 0.684. The second kappa shape index (κ2) is 7.98. The third kappa shape index (κ3) is 5.98. The zero-order chi connectivity index (χ0) is 16.8. The lowest BCUT2D eigenvalue weighted by Gasteiger charge is -2.27. The van der Waals surface area contributed by atoms with Gasteiger partial charge in [0.15, 0.2) is 0 Å². The Morgan fingerprint density at radius 3 is 2.09 bits per heavy atom. The summed E-state index contributed by atoms with van der Waals surface area (Å²) >= 11 is 0. The summed E-state index contributed by atoms with van der Waals surface area (Å²) in [5, 5.41) is 3.30. The number of rotatable bonds is 7. The molecule has 0 aliphatic heterocycles. The third-order valence-electron chi connectivity index (χ3n) is 3.67. The Bertz CT molecular complexity index is 455. The van der Waals surface area contributed by atoms with Crippen molar-refractivity contribution in [3.8, 4) is 5.75 Å². The number of hydrogen-bond acceptors (Lipinski definition) is 3. The van der Waals surface area contributed by atoms with Crippen LogP contribution in [0.4, 0.5) is 0 Å². The molecule has 1 rings (SSSR count). The molecule has 0 aliphatic rings. The molecule has 0 radical (unpaired) electrons. The van der Waals surface area contributed by atoms with E-state index in [1.165, 1.54) is 11.1 Å². The zero-order valence-electron chi connectivity index (χ0n) is 15.4. The molecule has 0 saturated heterocycles. The zero-order valence-corrected chi connectivity index (χ0v) is 15.4. The van der Waals surface area contributed by atoms with Gasteiger partial charge >= 0.3 is 0 Å². The summed E-state index contributed by atoms with van der Waals surface area (Å²) in [5.74, 6) is 0.994. The molecule has 0 fully saturated rings. The maximum Gasteiger partial charge on any atom is 0.123 e. The van der Waals surface area contributed by atoms with Crippen LogP contribution in [-0.4, -0.2) is 33.4 Å². The first kappa shape index (κ1) is 19.0. The molecule has 1 aromatic rings. The van der Waals surface area contributed by atoms with Crippen LogP contribution in [0.3, 0.4) is 0 Å². The molecule has 126 valence electrons. The predicted molar refractivity (Wildman–Crippen MR) is 94.1 cm³/mol. The second-order valence-electron chi connectivity index (χ2n) is 7.80. The molecule has 0 unspecified atom stereocenters. The predicted octanol–water partition coefficient (Wildman–Crippen LogP) is 3.90. The van der Waals surface area contributed by atoms with Crippen LogP contribution in [0.2, 0.25) is 0 Å². The van der Waals surface area contributed by atoms with Crippen LogP contribution in [0.15, 0.2) is 18.2 Å². The molecule has 3 heteroatoms. The summed E-state index contributed by atoms with van der Waals surface area (Å²) in [4.78, 5) is 0. The van der Waals surface area contributed by atoms with Crippen molar-refractivity contribution in [1.29, 1.82) is 0 Å². The average Bonchev–Trinajstić information content (AvgIpc) is 2.40. The summed E-state index contributed by atoms with van der Waals surface area (Å²) in [7, 11) is 1.71. The Morgan fingerprint density at radius 1 is 0.909 bits per heavy atom. The number of ether oxygens (including phenoxy) is 2. The molecule has 1 N–H and O–H groups in total. The molecule has 0 aliphatic carbocycles. The first-order valence-electron chi connectivity index (χ1n) is 8.13. The SMILES string of the molecule is COCCNCCOc1ccc(C(C)(C)C)cc1C(C)(C)C. The lowest BCUT2D eigenvalue weighted by molar-refractivity contribution is 0.196. The maximum atomic E-state index is 6.01. The summed E-state index contributed by atoms with van der Waals surface area (Å²) in [6.07, 6.45) is 0. The van der Waals surface area contributed by atoms with E-state index in [4.69, 9.17) is 9.47 Å². The van der Waals surface area contributed by atoms with E-state index in [0.717, 1.165) is 25.4 Å². The van der Waals surface area contributed by atoms with Crippen LogP contribution in [0.25, 0.3) is 0 Å². The molecule has 3 nitrogen and oxygen atoms in total. The van der Waals surface area contributed by atoms with E-state index < -0.39 is 0 Å². The van der Waals surface area contributed by atoms with E-state index in [-0.39, 0.29) is 10.8 Å². The summed E-state index contributed by atoms with van der Waals surface area (Å²) in [6.45, 7) is 16.5. The Kier molecular flexibility index (Phi) is 6.89. The minimum Gasteiger partial charge on any atom is -0.492 e. The van der Waals surface area contributed by atoms with Gasteiger partial charge in [-0.15, -0.1) is 0 Å². The van der Waals surface area contributed by atoms with Crippen molar-refractivity contribution in [2.75, 3.05) is 33.4 Å². The van der Waals surface area contributed by atoms with Gasteiger partial charge in [0, 0.05) is 20.2 Å². The molecular formula is C19H33NO2. The maximum absolute atomic E-state index is 6.01. The van der Waals surface area contributed by atoms with Crippen LogP contribution in [0.5, 0.6) is 5.75 Å². The average molecular weight is 307 g/mol. The minimum atomic E-state index is 0.0695. The molecule has 22 heavy (non-hydrogen) atoms. The summed E-state index contributed by atoms with van der Waals surface area (Å²) in [6, 6.07) is 6.60. The largest absolute Gasteiger partial charge is 0.492 e. The molecule has 0 spiro atoms. The molecule has 0 bridgehead atoms. The van der Waals surface area contributed by atoms with Crippen molar-refractivity contribution < 1.29 is 9.47 Å². The van der Waals surface area contributed by atoms with Gasteiger partial charge in [-0.3, -0.25) is 0 Å². The highest BCUT2D eigenvalue weighted by molar-refractivity contribution is 5.43. The topological polar surface area (TPSA) is 30.5 Å². The van der Waals surface area contributed by atoms with Crippen molar-refractivity contribution in [3.05, 3.63) is 29.3 Å². The van der Waals surface area contributed by atoms with Crippen molar-refractivity contribution in [2.24, 2.45) is 0 Å². The number of methoxy groups -OCH3 is 1. The summed E-state index contributed by atoms with van der Waals surface area (Å²) in [5.41, 5.74) is 2.85. The Morgan fingerprint density at radius 2 is 1.55 bits per heavy atom. The van der Waals surface area contributed by atoms with Crippen LogP contribution in [-0.2, 0) is 15.6 Å². The van der Waals surface area contributed by atoms with Gasteiger partial charge in [-0.2, -0.15) is 0 Å². The van der Waals surface area contributed by atoms with Gasteiger partial charge in [0.2, 0.25) is 0 Å². The van der Waals surface area contributed by atoms with E-state index in [9.17, 15) is 0 Å². The molecule has 0 saturated carbocycles. The Labute approximate surface area is 136 Å². The van der Waals surface area contributed by atoms with Gasteiger partial charge < -0.3 is 14.8 Å². The molecule has 0 atom stereocenters. The molecule has 0 aromatic heterocycles. The van der Waals surface area contributed by atoms with Gasteiger partial charge in [-0.05, 0) is 28.0 Å². The highest BCUT2D eigenvalue weighted by Crippen LogP contribution is 2.35. The lowest BCUT2D eigenvalue weighted by atomic mass is 9.80. The van der Waals surface area contributed by atoms with E-state index >= 15 is 0 Å². The van der Waals surface area contributed by atoms with Crippen molar-refractivity contribution >= 4 is 0 Å². The normalized spacial score (nSPS) is 12.5. The van der Waals surface area contributed by atoms with E-state index in [1.54, 1.807) is 7.11 Å². The number of benzene rings is 1. The van der Waals surface area contributed by atoms with E-state index in [1.807, 2.05) is 0 Å². The fourth-order valence-corrected chi connectivity index (χ4v) is 2.24. The standard InChI is InChI=1S/C19H33NO2/c1-18(2,3)15-8-9-17(16(14-15)19(4,5)6)22-13-11-20-10-12-21-7/h8-9,14,20H,10-13H2,1-7H3. The Balaban J connectivity index is 2.77. The molecule has 0 amide bonds. The Hall–Kier alpha value is -1.06. The fourth-order valence-electron chi connectivity index (χ4n) is 2.24. The van der Waals surface area contributed by atoms with Crippen LogP contribution >= 0.6 is 0 Å². The van der Waals surface area contributed by atoms with Gasteiger partial charge in [0.25, 0.3) is 0 Å². The van der Waals surface area contributed by atoms with Crippen molar-refractivity contribution in [3.63, 3.8) is 0 Å². The van der Waals surface area contributed by atoms with Gasteiger partial charge in [-0.1, -0.05) is 53.7 Å². The van der Waals surface area contributed by atoms with Gasteiger partial charge in [0.1, 0.15) is 12.4 Å². The monoisotopic (exact) mass is 307 g/mol. The van der Waals surface area contributed by atoms with Crippen LogP contribution in [0.1, 0.15) is 52.7 Å². The molecule has 1 aromatic carbocycles. The van der Waals surface area contributed by atoms with Crippen molar-refractivity contribution in [1.82, 2.24) is 5.32 Å². The number of hydrogen-bond donors (Lipinski definition) is 1. The molecule has 0 heterocycles. The van der Waals surface area contributed by atoms with Crippen LogP contribution < -0.4 is 10.1 Å². The van der Waals surface area contributed by atoms with Gasteiger partial charge in [0.05, 0.1) is 6.61 Å². The third-order valence-corrected chi connectivity index (χ3v) is 3.67. The highest BCUT2D eigenvalue weighted by atomic mass is 16.5. The quantitative estimate of drug-likeness (QED) is 0.775. The first-order valence-corrected chi connectivity index (χ1v) is 8.13. The van der Waals surface area contributed by atoms with Crippen molar-refractivity contribution in [2.45, 2.75) is 52.4 Å². The second-order valence-corrected chi connectivity index (χ2v) is 7.80. The first-order chi connectivity index (χ1) is 10.2. The van der Waals surface area contributed by atoms with E-state index in [0.29, 0.717) is 6.61 Å². The summed E-state index contributed by atoms with van der Waals surface area (Å²) < 4.78 is 11.0. The minimum absolute atomic E-state index is 0.0695.